The zero-order valence-electron chi connectivity index (χ0n) is 11.5. The van der Waals surface area contributed by atoms with Crippen LogP contribution in [0.2, 0.25) is 0 Å². The molecule has 0 saturated carbocycles. The van der Waals surface area contributed by atoms with Crippen LogP contribution in [0.25, 0.3) is 0 Å². The fourth-order valence-electron chi connectivity index (χ4n) is 1.81. The molecule has 0 aliphatic carbocycles. The molecular formula is C12H25NO4S. The molecule has 0 spiro atoms. The summed E-state index contributed by atoms with van der Waals surface area (Å²) in [6.45, 7) is 7.16. The monoisotopic (exact) mass is 279 g/mol. The highest BCUT2D eigenvalue weighted by Crippen LogP contribution is 2.23. The number of aliphatic hydroxyl groups excluding tert-OH is 2. The van der Waals surface area contributed by atoms with Crippen LogP contribution in [0, 0.1) is 0 Å². The largest absolute Gasteiger partial charge is 0.480 e. The maximum Gasteiger partial charge on any atom is 0.323 e. The molecule has 0 aromatic carbocycles. The number of thioether (sulfide) groups is 1. The lowest BCUT2D eigenvalue weighted by molar-refractivity contribution is -0.144. The zero-order valence-corrected chi connectivity index (χ0v) is 12.3. The summed E-state index contributed by atoms with van der Waals surface area (Å²) in [7, 11) is 0. The highest BCUT2D eigenvalue weighted by molar-refractivity contribution is 7.99. The lowest BCUT2D eigenvalue weighted by Gasteiger charge is -2.31. The van der Waals surface area contributed by atoms with Crippen LogP contribution in [0.1, 0.15) is 34.1 Å². The highest BCUT2D eigenvalue weighted by Gasteiger charge is 2.35. The summed E-state index contributed by atoms with van der Waals surface area (Å²) in [5.74, 6) is -0.457. The molecule has 108 valence electrons. The van der Waals surface area contributed by atoms with Crippen molar-refractivity contribution in [3.05, 3.63) is 0 Å². The predicted molar refractivity (Wildman–Crippen MR) is 73.9 cm³/mol. The van der Waals surface area contributed by atoms with E-state index in [4.69, 9.17) is 5.11 Å². The Labute approximate surface area is 113 Å². The summed E-state index contributed by atoms with van der Waals surface area (Å²) >= 11 is 1.47. The summed E-state index contributed by atoms with van der Waals surface area (Å²) in [5.41, 5.74) is -0.968. The van der Waals surface area contributed by atoms with Crippen LogP contribution in [-0.4, -0.2) is 56.6 Å². The summed E-state index contributed by atoms with van der Waals surface area (Å²) in [5, 5.41) is 30.4. The molecule has 6 heteroatoms. The van der Waals surface area contributed by atoms with Crippen molar-refractivity contribution in [2.24, 2.45) is 0 Å². The second kappa shape index (κ2) is 7.99. The highest BCUT2D eigenvalue weighted by atomic mass is 32.2. The van der Waals surface area contributed by atoms with Crippen LogP contribution in [0.15, 0.2) is 0 Å². The van der Waals surface area contributed by atoms with Gasteiger partial charge in [-0.15, -0.1) is 0 Å². The third-order valence-corrected chi connectivity index (χ3v) is 3.87. The number of nitrogens with one attached hydrogen (secondary N) is 1. The second-order valence-electron chi connectivity index (χ2n) is 5.12. The van der Waals surface area contributed by atoms with Gasteiger partial charge >= 0.3 is 5.97 Å². The van der Waals surface area contributed by atoms with E-state index in [1.54, 1.807) is 6.92 Å². The van der Waals surface area contributed by atoms with E-state index >= 15 is 0 Å². The van der Waals surface area contributed by atoms with Gasteiger partial charge in [0, 0.05) is 17.0 Å². The van der Waals surface area contributed by atoms with E-state index in [1.165, 1.54) is 11.8 Å². The van der Waals surface area contributed by atoms with E-state index in [0.29, 0.717) is 12.2 Å². The second-order valence-corrected chi connectivity index (χ2v) is 6.59. The van der Waals surface area contributed by atoms with Crippen molar-refractivity contribution in [2.75, 3.05) is 12.4 Å². The molecule has 0 aliphatic heterocycles. The average Bonchev–Trinajstić information content (AvgIpc) is 2.24. The van der Waals surface area contributed by atoms with Crippen LogP contribution in [0.5, 0.6) is 0 Å². The van der Waals surface area contributed by atoms with Crippen LogP contribution >= 0.6 is 11.8 Å². The first-order valence-corrected chi connectivity index (χ1v) is 7.17. The number of carboxylic acids is 1. The number of hydrogen-bond donors (Lipinski definition) is 4. The zero-order chi connectivity index (χ0) is 14.3. The molecule has 0 aliphatic rings. The molecule has 0 saturated heterocycles. The van der Waals surface area contributed by atoms with Crippen LogP contribution < -0.4 is 5.32 Å². The first-order chi connectivity index (χ1) is 8.21. The van der Waals surface area contributed by atoms with Gasteiger partial charge in [-0.2, -0.15) is 11.8 Å². The molecule has 18 heavy (non-hydrogen) atoms. The molecule has 5 nitrogen and oxygen atoms in total. The Morgan fingerprint density at radius 2 is 1.94 bits per heavy atom. The van der Waals surface area contributed by atoms with Crippen molar-refractivity contribution >= 4 is 17.7 Å². The number of rotatable bonds is 9. The Morgan fingerprint density at radius 3 is 2.33 bits per heavy atom. The van der Waals surface area contributed by atoms with E-state index < -0.39 is 17.6 Å². The van der Waals surface area contributed by atoms with Crippen LogP contribution in [0.4, 0.5) is 0 Å². The van der Waals surface area contributed by atoms with Gasteiger partial charge in [0.25, 0.3) is 0 Å². The minimum Gasteiger partial charge on any atom is -0.480 e. The summed E-state index contributed by atoms with van der Waals surface area (Å²) in [6, 6.07) is 0.0892. The molecule has 0 aromatic heterocycles. The van der Waals surface area contributed by atoms with Gasteiger partial charge in [-0.3, -0.25) is 10.1 Å². The predicted octanol–water partition coefficient (Wildman–Crippen LogP) is 0.693. The van der Waals surface area contributed by atoms with Crippen LogP contribution in [-0.2, 0) is 4.79 Å². The minimum absolute atomic E-state index is 0.0820. The van der Waals surface area contributed by atoms with Crippen molar-refractivity contribution in [1.29, 1.82) is 0 Å². The van der Waals surface area contributed by atoms with E-state index in [1.807, 2.05) is 20.8 Å². The molecule has 3 unspecified atom stereocenters. The molecule has 0 bridgehead atoms. The van der Waals surface area contributed by atoms with Gasteiger partial charge in [0.05, 0.1) is 12.7 Å². The topological polar surface area (TPSA) is 89.8 Å². The molecule has 4 N–H and O–H groups in total. The summed E-state index contributed by atoms with van der Waals surface area (Å²) in [6.07, 6.45) is -0.282. The molecule has 0 amide bonds. The fraction of sp³-hybridized carbons (Fsp3) is 0.917. The maximum absolute atomic E-state index is 11.3. The number of aliphatic carboxylic acids is 1. The molecule has 0 rings (SSSR count). The van der Waals surface area contributed by atoms with Crippen molar-refractivity contribution in [3.8, 4) is 0 Å². The van der Waals surface area contributed by atoms with Crippen LogP contribution in [0.3, 0.4) is 0 Å². The first-order valence-electron chi connectivity index (χ1n) is 6.13. The third kappa shape index (κ3) is 6.58. The van der Waals surface area contributed by atoms with Gasteiger partial charge < -0.3 is 15.3 Å². The van der Waals surface area contributed by atoms with Gasteiger partial charge in [-0.25, -0.2) is 0 Å². The number of carboxylic acid groups (broad SMARTS) is 1. The number of aliphatic hydroxyl groups is 2. The number of carbonyl (C=O) groups is 1. The van der Waals surface area contributed by atoms with Gasteiger partial charge in [0.1, 0.15) is 5.54 Å². The van der Waals surface area contributed by atoms with Gasteiger partial charge in [0.15, 0.2) is 0 Å². The lowest BCUT2D eigenvalue weighted by atomic mass is 9.95. The maximum atomic E-state index is 11.3. The third-order valence-electron chi connectivity index (χ3n) is 2.56. The standard InChI is InChI=1S/C12H25NO4S/c1-8(2)13-12(4,11(16)17)5-9(3)18-7-10(15)6-14/h8-10,13-15H,5-7H2,1-4H3,(H,16,17). The first kappa shape index (κ1) is 17.7. The molecular weight excluding hydrogens is 254 g/mol. The molecule has 0 radical (unpaired) electrons. The van der Waals surface area contributed by atoms with E-state index in [2.05, 4.69) is 5.32 Å². The van der Waals surface area contributed by atoms with Gasteiger partial charge in [-0.1, -0.05) is 6.92 Å². The Bertz CT molecular complexity index is 262. The van der Waals surface area contributed by atoms with Gasteiger partial charge in [0.2, 0.25) is 0 Å². The SMILES string of the molecule is CC(C)NC(C)(CC(C)SCC(O)CO)C(=O)O. The Hall–Kier alpha value is -0.300. The van der Waals surface area contributed by atoms with E-state index in [-0.39, 0.29) is 17.9 Å². The fourth-order valence-corrected chi connectivity index (χ4v) is 2.91. The quantitative estimate of drug-likeness (QED) is 0.496. The molecule has 0 aromatic rings. The lowest BCUT2D eigenvalue weighted by Crippen LogP contribution is -2.53. The summed E-state index contributed by atoms with van der Waals surface area (Å²) < 4.78 is 0. The van der Waals surface area contributed by atoms with Crippen molar-refractivity contribution in [1.82, 2.24) is 5.32 Å². The normalized spacial score (nSPS) is 18.4. The minimum atomic E-state index is -0.968. The molecule has 3 atom stereocenters. The molecule has 0 fully saturated rings. The van der Waals surface area contributed by atoms with Crippen molar-refractivity contribution in [2.45, 2.75) is 57.1 Å². The van der Waals surface area contributed by atoms with Crippen molar-refractivity contribution < 1.29 is 20.1 Å². The number of hydrogen-bond acceptors (Lipinski definition) is 5. The van der Waals surface area contributed by atoms with E-state index in [0.717, 1.165) is 0 Å². The Kier molecular flexibility index (Phi) is 7.86. The van der Waals surface area contributed by atoms with Gasteiger partial charge in [-0.05, 0) is 27.2 Å². The Balaban J connectivity index is 4.36. The molecule has 0 heterocycles. The summed E-state index contributed by atoms with van der Waals surface area (Å²) in [4.78, 5) is 11.3. The smallest absolute Gasteiger partial charge is 0.323 e. The van der Waals surface area contributed by atoms with E-state index in [9.17, 15) is 15.0 Å². The average molecular weight is 279 g/mol. The Morgan fingerprint density at radius 1 is 1.39 bits per heavy atom. The van der Waals surface area contributed by atoms with Crippen molar-refractivity contribution in [3.63, 3.8) is 0 Å².